The quantitative estimate of drug-likeness (QED) is 0.740. The maximum absolute atomic E-state index is 12.0. The zero-order chi connectivity index (χ0) is 18.1. The number of ether oxygens (including phenoxy) is 2. The SMILES string of the molecule is COC(=O)c1ccc2c(c1)C(N1CCN(C)CC1)=Nc1ccccc1O2. The van der Waals surface area contributed by atoms with Gasteiger partial charge in [-0.2, -0.15) is 0 Å². The normalized spacial score (nSPS) is 16.7. The Balaban J connectivity index is 1.84. The van der Waals surface area contributed by atoms with E-state index in [2.05, 4.69) is 16.8 Å². The number of carbonyl (C=O) groups excluding carboxylic acids is 1. The third-order valence-electron chi connectivity index (χ3n) is 4.76. The second kappa shape index (κ2) is 6.80. The van der Waals surface area contributed by atoms with E-state index < -0.39 is 0 Å². The van der Waals surface area contributed by atoms with E-state index in [0.717, 1.165) is 43.3 Å². The lowest BCUT2D eigenvalue weighted by molar-refractivity contribution is 0.0600. The molecule has 0 amide bonds. The molecular formula is C20H21N3O3. The first-order valence-corrected chi connectivity index (χ1v) is 8.67. The highest BCUT2D eigenvalue weighted by molar-refractivity contribution is 6.05. The van der Waals surface area contributed by atoms with Crippen molar-refractivity contribution in [3.8, 4) is 11.5 Å². The maximum atomic E-state index is 12.0. The monoisotopic (exact) mass is 351 g/mol. The number of benzene rings is 2. The molecule has 1 saturated heterocycles. The summed E-state index contributed by atoms with van der Waals surface area (Å²) in [5.41, 5.74) is 2.09. The van der Waals surface area contributed by atoms with Gasteiger partial charge in [0.15, 0.2) is 5.75 Å². The highest BCUT2D eigenvalue weighted by Gasteiger charge is 2.26. The van der Waals surface area contributed by atoms with Gasteiger partial charge < -0.3 is 19.3 Å². The summed E-state index contributed by atoms with van der Waals surface area (Å²) in [5, 5.41) is 0. The first-order chi connectivity index (χ1) is 12.7. The predicted octanol–water partition coefficient (Wildman–Crippen LogP) is 2.90. The zero-order valence-corrected chi connectivity index (χ0v) is 14.9. The first kappa shape index (κ1) is 16.6. The van der Waals surface area contributed by atoms with Crippen molar-refractivity contribution in [2.75, 3.05) is 40.3 Å². The Morgan fingerprint density at radius 2 is 1.85 bits per heavy atom. The van der Waals surface area contributed by atoms with Gasteiger partial charge in [-0.3, -0.25) is 0 Å². The van der Waals surface area contributed by atoms with Gasteiger partial charge in [-0.05, 0) is 37.4 Å². The molecule has 2 aromatic rings. The highest BCUT2D eigenvalue weighted by Crippen LogP contribution is 2.38. The number of para-hydroxylation sites is 2. The summed E-state index contributed by atoms with van der Waals surface area (Å²) < 4.78 is 11.0. The Bertz CT molecular complexity index is 870. The highest BCUT2D eigenvalue weighted by atomic mass is 16.5. The summed E-state index contributed by atoms with van der Waals surface area (Å²) in [6, 6.07) is 13.1. The van der Waals surface area contributed by atoms with Gasteiger partial charge in [-0.25, -0.2) is 9.79 Å². The number of nitrogens with zero attached hydrogens (tertiary/aromatic N) is 3. The number of esters is 1. The maximum Gasteiger partial charge on any atom is 0.337 e. The lowest BCUT2D eigenvalue weighted by Gasteiger charge is -2.34. The summed E-state index contributed by atoms with van der Waals surface area (Å²) in [5.74, 6) is 1.88. The minimum absolute atomic E-state index is 0.368. The average molecular weight is 351 g/mol. The molecule has 0 atom stereocenters. The third kappa shape index (κ3) is 3.04. The second-order valence-corrected chi connectivity index (χ2v) is 6.50. The van der Waals surface area contributed by atoms with Gasteiger partial charge >= 0.3 is 5.97 Å². The van der Waals surface area contributed by atoms with Crippen molar-refractivity contribution in [3.05, 3.63) is 53.6 Å². The molecule has 0 bridgehead atoms. The molecule has 134 valence electrons. The van der Waals surface area contributed by atoms with Gasteiger partial charge in [0.1, 0.15) is 17.3 Å². The van der Waals surface area contributed by atoms with Gasteiger partial charge in [-0.15, -0.1) is 0 Å². The first-order valence-electron chi connectivity index (χ1n) is 8.67. The number of aliphatic imine (C=N–C) groups is 1. The number of fused-ring (bicyclic) bond motifs is 2. The second-order valence-electron chi connectivity index (χ2n) is 6.50. The van der Waals surface area contributed by atoms with Crippen LogP contribution >= 0.6 is 0 Å². The Morgan fingerprint density at radius 3 is 2.62 bits per heavy atom. The molecule has 0 unspecified atom stereocenters. The minimum Gasteiger partial charge on any atom is -0.465 e. The standard InChI is InChI=1S/C20H21N3O3/c1-22-9-11-23(12-10-22)19-15-13-14(20(24)25-2)7-8-17(15)26-18-6-4-3-5-16(18)21-19/h3-8,13H,9-12H2,1-2H3. The molecule has 0 spiro atoms. The molecule has 2 aliphatic rings. The van der Waals surface area contributed by atoms with E-state index in [9.17, 15) is 4.79 Å². The van der Waals surface area contributed by atoms with Crippen molar-refractivity contribution in [3.63, 3.8) is 0 Å². The fraction of sp³-hybridized carbons (Fsp3) is 0.300. The Morgan fingerprint density at radius 1 is 1.08 bits per heavy atom. The number of piperazine rings is 1. The number of carbonyl (C=O) groups is 1. The molecule has 0 radical (unpaired) electrons. The predicted molar refractivity (Wildman–Crippen MR) is 99.6 cm³/mol. The van der Waals surface area contributed by atoms with Crippen LogP contribution in [0.1, 0.15) is 15.9 Å². The van der Waals surface area contributed by atoms with E-state index in [0.29, 0.717) is 17.1 Å². The molecule has 26 heavy (non-hydrogen) atoms. The Labute approximate surface area is 152 Å². The summed E-state index contributed by atoms with van der Waals surface area (Å²) in [7, 11) is 3.50. The van der Waals surface area contributed by atoms with Crippen LogP contribution in [-0.2, 0) is 4.74 Å². The summed E-state index contributed by atoms with van der Waals surface area (Å²) >= 11 is 0. The van der Waals surface area contributed by atoms with E-state index in [1.165, 1.54) is 7.11 Å². The number of amidine groups is 1. The molecule has 0 aromatic heterocycles. The van der Waals surface area contributed by atoms with Crippen LogP contribution in [0.15, 0.2) is 47.5 Å². The van der Waals surface area contributed by atoms with E-state index in [4.69, 9.17) is 14.5 Å². The fourth-order valence-electron chi connectivity index (χ4n) is 3.23. The van der Waals surface area contributed by atoms with Crippen LogP contribution in [-0.4, -0.2) is 61.9 Å². The van der Waals surface area contributed by atoms with Gasteiger partial charge in [0, 0.05) is 26.2 Å². The van der Waals surface area contributed by atoms with Crippen LogP contribution in [0.5, 0.6) is 11.5 Å². The molecule has 0 aliphatic carbocycles. The molecule has 2 aromatic carbocycles. The van der Waals surface area contributed by atoms with Crippen LogP contribution in [0.25, 0.3) is 0 Å². The van der Waals surface area contributed by atoms with Crippen LogP contribution in [0.2, 0.25) is 0 Å². The van der Waals surface area contributed by atoms with Crippen LogP contribution < -0.4 is 4.74 Å². The van der Waals surface area contributed by atoms with E-state index in [1.807, 2.05) is 36.4 Å². The summed E-state index contributed by atoms with van der Waals surface area (Å²) in [6.07, 6.45) is 0. The minimum atomic E-state index is -0.368. The zero-order valence-electron chi connectivity index (χ0n) is 14.9. The van der Waals surface area contributed by atoms with Gasteiger partial charge in [0.25, 0.3) is 0 Å². The molecule has 1 fully saturated rings. The largest absolute Gasteiger partial charge is 0.465 e. The summed E-state index contributed by atoms with van der Waals surface area (Å²) in [6.45, 7) is 3.68. The summed E-state index contributed by atoms with van der Waals surface area (Å²) in [4.78, 5) is 21.5. The number of hydrogen-bond donors (Lipinski definition) is 0. The van der Waals surface area contributed by atoms with E-state index in [1.54, 1.807) is 6.07 Å². The molecule has 2 heterocycles. The smallest absolute Gasteiger partial charge is 0.337 e. The van der Waals surface area contributed by atoms with Crippen molar-refractivity contribution in [1.82, 2.24) is 9.80 Å². The van der Waals surface area contributed by atoms with Crippen molar-refractivity contribution >= 4 is 17.5 Å². The molecule has 2 aliphatic heterocycles. The van der Waals surface area contributed by atoms with Gasteiger partial charge in [0.2, 0.25) is 0 Å². The molecule has 6 nitrogen and oxygen atoms in total. The molecule has 4 rings (SSSR count). The van der Waals surface area contributed by atoms with Gasteiger partial charge in [0.05, 0.1) is 18.2 Å². The Hall–Kier alpha value is -2.86. The average Bonchev–Trinajstić information content (AvgIpc) is 2.84. The molecule has 6 heteroatoms. The Kier molecular flexibility index (Phi) is 4.34. The number of likely N-dealkylation sites (N-methyl/N-ethyl adjacent to an activating group) is 1. The lowest BCUT2D eigenvalue weighted by Crippen LogP contribution is -2.47. The number of rotatable bonds is 1. The topological polar surface area (TPSA) is 54.4 Å². The molecular weight excluding hydrogens is 330 g/mol. The van der Waals surface area contributed by atoms with E-state index in [-0.39, 0.29) is 5.97 Å². The van der Waals surface area contributed by atoms with Crippen molar-refractivity contribution in [1.29, 1.82) is 0 Å². The van der Waals surface area contributed by atoms with Crippen molar-refractivity contribution in [2.45, 2.75) is 0 Å². The molecule has 0 saturated carbocycles. The van der Waals surface area contributed by atoms with Crippen LogP contribution in [0.3, 0.4) is 0 Å². The third-order valence-corrected chi connectivity index (χ3v) is 4.76. The molecule has 0 N–H and O–H groups in total. The lowest BCUT2D eigenvalue weighted by atomic mass is 10.1. The van der Waals surface area contributed by atoms with Crippen LogP contribution in [0.4, 0.5) is 5.69 Å². The van der Waals surface area contributed by atoms with Crippen molar-refractivity contribution < 1.29 is 14.3 Å². The van der Waals surface area contributed by atoms with Gasteiger partial charge in [-0.1, -0.05) is 12.1 Å². The fourth-order valence-corrected chi connectivity index (χ4v) is 3.23. The van der Waals surface area contributed by atoms with Crippen molar-refractivity contribution in [2.24, 2.45) is 4.99 Å². The van der Waals surface area contributed by atoms with E-state index >= 15 is 0 Å². The number of hydrogen-bond acceptors (Lipinski definition) is 6. The number of methoxy groups -OCH3 is 1. The van der Waals surface area contributed by atoms with Crippen LogP contribution in [0, 0.1) is 0 Å².